The van der Waals surface area contributed by atoms with Crippen molar-refractivity contribution in [3.05, 3.63) is 0 Å². The van der Waals surface area contributed by atoms with Gasteiger partial charge in [0.1, 0.15) is 0 Å². The highest BCUT2D eigenvalue weighted by atomic mass is 35.6. The van der Waals surface area contributed by atoms with Crippen molar-refractivity contribution in [3.63, 3.8) is 0 Å². The van der Waals surface area contributed by atoms with Crippen LogP contribution in [0.4, 0.5) is 0 Å². The summed E-state index contributed by atoms with van der Waals surface area (Å²) in [7, 11) is 0. The van der Waals surface area contributed by atoms with Crippen LogP contribution in [0.2, 0.25) is 23.2 Å². The Morgan fingerprint density at radius 3 is 0.857 bits per heavy atom. The Kier molecular flexibility index (Phi) is 4.07. The van der Waals surface area contributed by atoms with Crippen LogP contribution in [-0.4, -0.2) is 13.8 Å². The molecule has 0 saturated heterocycles. The van der Waals surface area contributed by atoms with Crippen molar-refractivity contribution in [1.29, 1.82) is 0 Å². The first-order valence-electron chi connectivity index (χ1n) is 5.13. The molecule has 86 valence electrons. The molecular formula is C10H24Cl2Si2. The topological polar surface area (TPSA) is 0 Å². The van der Waals surface area contributed by atoms with Gasteiger partial charge in [-0.15, -0.1) is 0 Å². The smallest absolute Gasteiger partial charge is 0.167 e. The van der Waals surface area contributed by atoms with Gasteiger partial charge in [-0.1, -0.05) is 54.6 Å². The van der Waals surface area contributed by atoms with Crippen molar-refractivity contribution in [2.75, 3.05) is 0 Å². The Morgan fingerprint density at radius 1 is 0.643 bits per heavy atom. The average Bonchev–Trinajstić information content (AvgIpc) is 1.81. The fraction of sp³-hybridized carbons (Fsp3) is 1.00. The van der Waals surface area contributed by atoms with Crippen LogP contribution in [0.25, 0.3) is 0 Å². The minimum Gasteiger partial charge on any atom is -0.169 e. The first kappa shape index (κ1) is 15.0. The fourth-order valence-corrected chi connectivity index (χ4v) is 17.8. The highest BCUT2D eigenvalue weighted by molar-refractivity contribution is 7.72. The van der Waals surface area contributed by atoms with Crippen LogP contribution < -0.4 is 0 Å². The van der Waals surface area contributed by atoms with Crippen LogP contribution in [0.1, 0.15) is 41.5 Å². The van der Waals surface area contributed by atoms with E-state index >= 15 is 0 Å². The molecule has 0 radical (unpaired) electrons. The van der Waals surface area contributed by atoms with E-state index in [2.05, 4.69) is 54.6 Å². The summed E-state index contributed by atoms with van der Waals surface area (Å²) in [5, 5.41) is 0.342. The zero-order chi connectivity index (χ0) is 12.0. The Hall–Kier alpha value is 1.01. The molecule has 0 aliphatic heterocycles. The number of halogens is 2. The van der Waals surface area contributed by atoms with Gasteiger partial charge < -0.3 is 0 Å². The van der Waals surface area contributed by atoms with E-state index < -0.39 is 13.8 Å². The molecule has 0 aromatic carbocycles. The lowest BCUT2D eigenvalue weighted by Crippen LogP contribution is -2.61. The van der Waals surface area contributed by atoms with Gasteiger partial charge in [-0.25, -0.2) is 0 Å². The minimum atomic E-state index is -1.89. The Labute approximate surface area is 101 Å². The molecule has 2 unspecified atom stereocenters. The minimum absolute atomic E-state index is 0.171. The van der Waals surface area contributed by atoms with Crippen molar-refractivity contribution < 1.29 is 0 Å². The maximum absolute atomic E-state index is 6.86. The summed E-state index contributed by atoms with van der Waals surface area (Å²) in [5.74, 6) is 0. The predicted octanol–water partition coefficient (Wildman–Crippen LogP) is 5.29. The van der Waals surface area contributed by atoms with Gasteiger partial charge in [0.05, 0.1) is 0 Å². The summed E-state index contributed by atoms with van der Waals surface area (Å²) < 4.78 is 0. The van der Waals surface area contributed by atoms with Crippen LogP contribution in [0, 0.1) is 0 Å². The predicted molar refractivity (Wildman–Crippen MR) is 74.4 cm³/mol. The summed E-state index contributed by atoms with van der Waals surface area (Å²) >= 11 is 13.7. The molecule has 0 spiro atoms. The molecule has 0 fully saturated rings. The lowest BCUT2D eigenvalue weighted by Gasteiger charge is -2.49. The fourth-order valence-electron chi connectivity index (χ4n) is 1.41. The number of hydrogen-bond acceptors (Lipinski definition) is 0. The molecule has 0 aromatic heterocycles. The molecular weight excluding hydrogens is 247 g/mol. The molecule has 0 aliphatic carbocycles. The largest absolute Gasteiger partial charge is 0.169 e. The van der Waals surface area contributed by atoms with Crippen molar-refractivity contribution >= 4 is 36.0 Å². The van der Waals surface area contributed by atoms with Gasteiger partial charge in [0.25, 0.3) is 0 Å². The van der Waals surface area contributed by atoms with Gasteiger partial charge in [-0.2, -0.15) is 22.2 Å². The Balaban J connectivity index is 5.30. The van der Waals surface area contributed by atoms with Crippen molar-refractivity contribution in [2.24, 2.45) is 0 Å². The Bertz CT molecular complexity index is 185. The Morgan fingerprint density at radius 2 is 0.786 bits per heavy atom. The van der Waals surface area contributed by atoms with E-state index in [9.17, 15) is 0 Å². The van der Waals surface area contributed by atoms with E-state index in [0.29, 0.717) is 0 Å². The summed E-state index contributed by atoms with van der Waals surface area (Å²) in [4.78, 5) is 0. The zero-order valence-electron chi connectivity index (χ0n) is 10.8. The third kappa shape index (κ3) is 2.39. The first-order chi connectivity index (χ1) is 5.75. The quantitative estimate of drug-likeness (QED) is 0.449. The van der Waals surface area contributed by atoms with E-state index in [1.807, 2.05) is 0 Å². The molecule has 0 saturated carbocycles. The second kappa shape index (κ2) is 3.79. The summed E-state index contributed by atoms with van der Waals surface area (Å²) in [6.07, 6.45) is 0. The van der Waals surface area contributed by atoms with Crippen LogP contribution in [0.15, 0.2) is 0 Å². The van der Waals surface area contributed by atoms with E-state index in [1.54, 1.807) is 0 Å². The molecule has 0 amide bonds. The van der Waals surface area contributed by atoms with Crippen LogP contribution in [0.3, 0.4) is 0 Å². The molecule has 0 heterocycles. The maximum atomic E-state index is 6.86. The van der Waals surface area contributed by atoms with E-state index in [-0.39, 0.29) is 10.1 Å². The van der Waals surface area contributed by atoms with Gasteiger partial charge in [-0.3, -0.25) is 0 Å². The average molecular weight is 271 g/mol. The second-order valence-corrected chi connectivity index (χ2v) is 26.0. The first-order valence-corrected chi connectivity index (χ1v) is 13.2. The SMILES string of the molecule is CC(C)(C)[Si](C)(Cl)[Si](C)(Cl)C(C)(C)C. The van der Waals surface area contributed by atoms with E-state index in [4.69, 9.17) is 22.2 Å². The third-order valence-electron chi connectivity index (χ3n) is 3.70. The number of hydrogen-bond donors (Lipinski definition) is 0. The molecule has 0 bridgehead atoms. The lowest BCUT2D eigenvalue weighted by molar-refractivity contribution is 0.716. The molecule has 0 rings (SSSR count). The van der Waals surface area contributed by atoms with Crippen molar-refractivity contribution in [2.45, 2.75) is 64.7 Å². The monoisotopic (exact) mass is 270 g/mol. The third-order valence-corrected chi connectivity index (χ3v) is 32.0. The molecule has 0 aromatic rings. The summed E-state index contributed by atoms with van der Waals surface area (Å²) in [5.41, 5.74) is 0. The highest BCUT2D eigenvalue weighted by Gasteiger charge is 2.59. The maximum Gasteiger partial charge on any atom is 0.167 e. The van der Waals surface area contributed by atoms with E-state index in [1.165, 1.54) is 0 Å². The van der Waals surface area contributed by atoms with Gasteiger partial charge >= 0.3 is 0 Å². The van der Waals surface area contributed by atoms with Crippen LogP contribution in [-0.2, 0) is 0 Å². The second-order valence-electron chi connectivity index (χ2n) is 6.51. The molecule has 0 aliphatic rings. The lowest BCUT2D eigenvalue weighted by atomic mass is 10.2. The van der Waals surface area contributed by atoms with Crippen LogP contribution in [0.5, 0.6) is 0 Å². The summed E-state index contributed by atoms with van der Waals surface area (Å²) in [6, 6.07) is 0. The molecule has 0 N–H and O–H groups in total. The molecule has 14 heavy (non-hydrogen) atoms. The molecule has 2 atom stereocenters. The molecule has 4 heteroatoms. The van der Waals surface area contributed by atoms with Crippen molar-refractivity contribution in [1.82, 2.24) is 0 Å². The van der Waals surface area contributed by atoms with E-state index in [0.717, 1.165) is 0 Å². The van der Waals surface area contributed by atoms with Gasteiger partial charge in [0, 0.05) is 0 Å². The summed E-state index contributed by atoms with van der Waals surface area (Å²) in [6.45, 7) is 14.1. The van der Waals surface area contributed by atoms with Gasteiger partial charge in [-0.05, 0) is 10.1 Å². The van der Waals surface area contributed by atoms with Gasteiger partial charge in [0.15, 0.2) is 13.8 Å². The van der Waals surface area contributed by atoms with Crippen LogP contribution >= 0.6 is 22.2 Å². The zero-order valence-corrected chi connectivity index (χ0v) is 14.3. The normalized spacial score (nSPS) is 22.7. The van der Waals surface area contributed by atoms with Crippen molar-refractivity contribution in [3.8, 4) is 0 Å². The highest BCUT2D eigenvalue weighted by Crippen LogP contribution is 2.54. The number of rotatable bonds is 1. The van der Waals surface area contributed by atoms with Gasteiger partial charge in [0.2, 0.25) is 0 Å². The standard InChI is InChI=1S/C10H24Cl2Si2/c1-9(2,3)13(7,11)14(8,12)10(4,5)6/h1-8H3. The molecule has 0 nitrogen and oxygen atoms in total.